The van der Waals surface area contributed by atoms with Crippen molar-refractivity contribution in [1.82, 2.24) is 4.90 Å². The predicted octanol–water partition coefficient (Wildman–Crippen LogP) is 2.57. The third-order valence-corrected chi connectivity index (χ3v) is 2.94. The van der Waals surface area contributed by atoms with Crippen molar-refractivity contribution >= 4 is 28.5 Å². The molecule has 92 valence electrons. The Morgan fingerprint density at radius 2 is 2.35 bits per heavy atom. The summed E-state index contributed by atoms with van der Waals surface area (Å²) in [4.78, 5) is 13.9. The fourth-order valence-corrected chi connectivity index (χ4v) is 1.98. The van der Waals surface area contributed by atoms with Gasteiger partial charge in [0.05, 0.1) is 6.61 Å². The molecule has 0 bridgehead atoms. The van der Waals surface area contributed by atoms with Crippen molar-refractivity contribution in [3.63, 3.8) is 0 Å². The maximum Gasteiger partial charge on any atom is 0.254 e. The summed E-state index contributed by atoms with van der Waals surface area (Å²) in [6.07, 6.45) is 1.72. The molecule has 4 heteroatoms. The van der Waals surface area contributed by atoms with Crippen molar-refractivity contribution in [3.05, 3.63) is 46.1 Å². The van der Waals surface area contributed by atoms with E-state index in [0.717, 1.165) is 3.57 Å². The molecule has 0 atom stereocenters. The van der Waals surface area contributed by atoms with E-state index in [1.165, 1.54) is 0 Å². The maximum absolute atomic E-state index is 12.2. The lowest BCUT2D eigenvalue weighted by Gasteiger charge is -2.20. The molecule has 0 saturated carbocycles. The lowest BCUT2D eigenvalue weighted by molar-refractivity contribution is 0.0718. The summed E-state index contributed by atoms with van der Waals surface area (Å²) >= 11 is 2.20. The van der Waals surface area contributed by atoms with Gasteiger partial charge in [0.25, 0.3) is 5.91 Å². The van der Waals surface area contributed by atoms with Crippen molar-refractivity contribution in [1.29, 1.82) is 0 Å². The van der Waals surface area contributed by atoms with E-state index in [2.05, 4.69) is 29.2 Å². The first-order chi connectivity index (χ1) is 8.19. The highest BCUT2D eigenvalue weighted by Gasteiger charge is 2.14. The summed E-state index contributed by atoms with van der Waals surface area (Å²) in [6, 6.07) is 7.56. The number of hydrogen-bond acceptors (Lipinski definition) is 2. The van der Waals surface area contributed by atoms with Crippen LogP contribution in [0.4, 0.5) is 0 Å². The molecule has 17 heavy (non-hydrogen) atoms. The molecule has 0 aliphatic heterocycles. The van der Waals surface area contributed by atoms with Gasteiger partial charge in [-0.25, -0.2) is 0 Å². The summed E-state index contributed by atoms with van der Waals surface area (Å²) in [5.41, 5.74) is 0.704. The number of hydrogen-bond donors (Lipinski definition) is 0. The number of methoxy groups -OCH3 is 1. The van der Waals surface area contributed by atoms with Crippen molar-refractivity contribution in [2.75, 3.05) is 26.8 Å². The van der Waals surface area contributed by atoms with Crippen LogP contribution in [-0.4, -0.2) is 37.6 Å². The minimum Gasteiger partial charge on any atom is -0.383 e. The van der Waals surface area contributed by atoms with E-state index in [1.807, 2.05) is 24.3 Å². The van der Waals surface area contributed by atoms with Gasteiger partial charge in [-0.1, -0.05) is 12.1 Å². The third-order valence-electron chi connectivity index (χ3n) is 2.27. The molecule has 0 unspecified atom stereocenters. The zero-order chi connectivity index (χ0) is 12.7. The second-order valence-electron chi connectivity index (χ2n) is 3.54. The standard InChI is InChI=1S/C13H16INO2/c1-3-7-15(8-9-17-2)13(16)11-5-4-6-12(14)10-11/h3-6,10H,1,7-9H2,2H3. The summed E-state index contributed by atoms with van der Waals surface area (Å²) in [6.45, 7) is 5.31. The monoisotopic (exact) mass is 345 g/mol. The molecule has 0 radical (unpaired) electrons. The number of amides is 1. The molecule has 1 amide bonds. The summed E-state index contributed by atoms with van der Waals surface area (Å²) in [5, 5.41) is 0. The van der Waals surface area contributed by atoms with Gasteiger partial charge in [-0.2, -0.15) is 0 Å². The predicted molar refractivity (Wildman–Crippen MR) is 77.1 cm³/mol. The Bertz CT molecular complexity index is 393. The Balaban J connectivity index is 2.79. The second kappa shape index (κ2) is 7.45. The van der Waals surface area contributed by atoms with E-state index in [9.17, 15) is 4.79 Å². The van der Waals surface area contributed by atoms with Gasteiger partial charge >= 0.3 is 0 Å². The molecular formula is C13H16INO2. The Morgan fingerprint density at radius 1 is 1.59 bits per heavy atom. The van der Waals surface area contributed by atoms with E-state index in [1.54, 1.807) is 18.1 Å². The van der Waals surface area contributed by atoms with Crippen molar-refractivity contribution < 1.29 is 9.53 Å². The van der Waals surface area contributed by atoms with Crippen LogP contribution in [0.1, 0.15) is 10.4 Å². The highest BCUT2D eigenvalue weighted by molar-refractivity contribution is 14.1. The lowest BCUT2D eigenvalue weighted by atomic mass is 10.2. The van der Waals surface area contributed by atoms with E-state index in [4.69, 9.17) is 4.74 Å². The number of nitrogens with zero attached hydrogens (tertiary/aromatic N) is 1. The smallest absolute Gasteiger partial charge is 0.254 e. The normalized spacial score (nSPS) is 10.0. The molecule has 0 aliphatic rings. The topological polar surface area (TPSA) is 29.5 Å². The van der Waals surface area contributed by atoms with E-state index >= 15 is 0 Å². The minimum atomic E-state index is 0.0143. The van der Waals surface area contributed by atoms with Gasteiger partial charge in [0.15, 0.2) is 0 Å². The summed E-state index contributed by atoms with van der Waals surface area (Å²) in [7, 11) is 1.63. The molecule has 1 rings (SSSR count). The molecule has 1 aromatic carbocycles. The molecule has 0 aliphatic carbocycles. The van der Waals surface area contributed by atoms with Gasteiger partial charge < -0.3 is 9.64 Å². The lowest BCUT2D eigenvalue weighted by Crippen LogP contribution is -2.34. The third kappa shape index (κ3) is 4.47. The first-order valence-electron chi connectivity index (χ1n) is 5.33. The van der Waals surface area contributed by atoms with Crippen molar-refractivity contribution in [2.24, 2.45) is 0 Å². The van der Waals surface area contributed by atoms with Gasteiger partial charge in [0, 0.05) is 29.3 Å². The zero-order valence-corrected chi connectivity index (χ0v) is 12.0. The van der Waals surface area contributed by atoms with Gasteiger partial charge in [0.1, 0.15) is 0 Å². The highest BCUT2D eigenvalue weighted by Crippen LogP contribution is 2.10. The van der Waals surface area contributed by atoms with Crippen LogP contribution in [0.15, 0.2) is 36.9 Å². The average Bonchev–Trinajstić information content (AvgIpc) is 2.33. The number of halogens is 1. The van der Waals surface area contributed by atoms with E-state index in [0.29, 0.717) is 25.3 Å². The van der Waals surface area contributed by atoms with Crippen molar-refractivity contribution in [3.8, 4) is 0 Å². The molecule has 1 aromatic rings. The fourth-order valence-electron chi connectivity index (χ4n) is 1.44. The average molecular weight is 345 g/mol. The van der Waals surface area contributed by atoms with Crippen LogP contribution in [-0.2, 0) is 4.74 Å². The Morgan fingerprint density at radius 3 is 2.94 bits per heavy atom. The molecule has 0 spiro atoms. The molecule has 0 aromatic heterocycles. The highest BCUT2D eigenvalue weighted by atomic mass is 127. The second-order valence-corrected chi connectivity index (χ2v) is 4.79. The fraction of sp³-hybridized carbons (Fsp3) is 0.308. The summed E-state index contributed by atoms with van der Waals surface area (Å²) in [5.74, 6) is 0.0143. The van der Waals surface area contributed by atoms with Crippen LogP contribution in [0.3, 0.4) is 0 Å². The number of rotatable bonds is 6. The molecule has 0 heterocycles. The maximum atomic E-state index is 12.2. The quantitative estimate of drug-likeness (QED) is 0.586. The number of benzene rings is 1. The number of ether oxygens (including phenoxy) is 1. The Kier molecular flexibility index (Phi) is 6.21. The van der Waals surface area contributed by atoms with Crippen LogP contribution in [0.2, 0.25) is 0 Å². The SMILES string of the molecule is C=CCN(CCOC)C(=O)c1cccc(I)c1. The first kappa shape index (κ1) is 14.2. The molecule has 0 saturated heterocycles. The Labute approximate surface area is 116 Å². The largest absolute Gasteiger partial charge is 0.383 e. The van der Waals surface area contributed by atoms with Gasteiger partial charge in [0.2, 0.25) is 0 Å². The van der Waals surface area contributed by atoms with Gasteiger partial charge in [-0.05, 0) is 40.8 Å². The van der Waals surface area contributed by atoms with Crippen molar-refractivity contribution in [2.45, 2.75) is 0 Å². The van der Waals surface area contributed by atoms with Gasteiger partial charge in [-0.3, -0.25) is 4.79 Å². The van der Waals surface area contributed by atoms with Crippen LogP contribution in [0.25, 0.3) is 0 Å². The van der Waals surface area contributed by atoms with Gasteiger partial charge in [-0.15, -0.1) is 6.58 Å². The van der Waals surface area contributed by atoms with E-state index < -0.39 is 0 Å². The van der Waals surface area contributed by atoms with E-state index in [-0.39, 0.29) is 5.91 Å². The summed E-state index contributed by atoms with van der Waals surface area (Å²) < 4.78 is 6.05. The number of carbonyl (C=O) groups excluding carboxylic acids is 1. The minimum absolute atomic E-state index is 0.0143. The molecule has 3 nitrogen and oxygen atoms in total. The zero-order valence-electron chi connectivity index (χ0n) is 9.86. The van der Waals surface area contributed by atoms with Crippen LogP contribution >= 0.6 is 22.6 Å². The van der Waals surface area contributed by atoms with Crippen LogP contribution in [0, 0.1) is 3.57 Å². The van der Waals surface area contributed by atoms with Crippen LogP contribution < -0.4 is 0 Å². The molecular weight excluding hydrogens is 329 g/mol. The number of carbonyl (C=O) groups is 1. The Hall–Kier alpha value is -0.880. The first-order valence-corrected chi connectivity index (χ1v) is 6.41. The molecule has 0 fully saturated rings. The van der Waals surface area contributed by atoms with Crippen LogP contribution in [0.5, 0.6) is 0 Å². The molecule has 0 N–H and O–H groups in total.